The van der Waals surface area contributed by atoms with E-state index in [1.807, 2.05) is 24.3 Å². The van der Waals surface area contributed by atoms with E-state index in [1.54, 1.807) is 0 Å². The van der Waals surface area contributed by atoms with Crippen LogP contribution in [0.4, 0.5) is 0 Å². The van der Waals surface area contributed by atoms with E-state index < -0.39 is 5.97 Å². The van der Waals surface area contributed by atoms with Gasteiger partial charge in [0, 0.05) is 6.61 Å². The number of aromatic nitrogens is 3. The smallest absolute Gasteiger partial charge is 0.358 e. The van der Waals surface area contributed by atoms with Crippen LogP contribution in [0.15, 0.2) is 30.5 Å². The van der Waals surface area contributed by atoms with Gasteiger partial charge < -0.3 is 14.9 Å². The largest absolute Gasteiger partial charge is 0.491 e. The Labute approximate surface area is 115 Å². The van der Waals surface area contributed by atoms with Crippen molar-refractivity contribution < 1.29 is 19.7 Å². The fraction of sp³-hybridized carbons (Fsp3) is 0.308. The van der Waals surface area contributed by atoms with Crippen molar-refractivity contribution in [3.05, 3.63) is 41.7 Å². The normalized spacial score (nSPS) is 10.4. The number of hydrogen-bond acceptors (Lipinski definition) is 5. The Hall–Kier alpha value is -2.41. The molecule has 0 aliphatic carbocycles. The average Bonchev–Trinajstić information content (AvgIpc) is 2.90. The highest BCUT2D eigenvalue weighted by Gasteiger charge is 2.08. The first kappa shape index (κ1) is 14.0. The minimum absolute atomic E-state index is 0.0609. The van der Waals surface area contributed by atoms with Crippen LogP contribution in [-0.2, 0) is 13.0 Å². The number of hydrogen-bond donors (Lipinski definition) is 2. The zero-order valence-electron chi connectivity index (χ0n) is 10.8. The summed E-state index contributed by atoms with van der Waals surface area (Å²) in [6.07, 6.45) is 1.88. The monoisotopic (exact) mass is 277 g/mol. The van der Waals surface area contributed by atoms with Crippen molar-refractivity contribution >= 4 is 5.97 Å². The SMILES string of the molecule is O=C(O)c1cn(CCOc2ccccc2CCO)nn1. The number of carboxylic acids is 1. The maximum absolute atomic E-state index is 10.7. The summed E-state index contributed by atoms with van der Waals surface area (Å²) in [5, 5.41) is 24.9. The second kappa shape index (κ2) is 6.67. The van der Waals surface area contributed by atoms with Gasteiger partial charge in [0.15, 0.2) is 5.69 Å². The summed E-state index contributed by atoms with van der Waals surface area (Å²) >= 11 is 0. The zero-order chi connectivity index (χ0) is 14.4. The van der Waals surface area contributed by atoms with Crippen molar-refractivity contribution in [2.75, 3.05) is 13.2 Å². The first-order valence-corrected chi connectivity index (χ1v) is 6.15. The van der Waals surface area contributed by atoms with E-state index in [0.717, 1.165) is 5.56 Å². The quantitative estimate of drug-likeness (QED) is 0.768. The molecule has 0 unspecified atom stereocenters. The van der Waals surface area contributed by atoms with Crippen LogP contribution in [0, 0.1) is 0 Å². The van der Waals surface area contributed by atoms with E-state index in [-0.39, 0.29) is 12.3 Å². The van der Waals surface area contributed by atoms with Gasteiger partial charge in [0.1, 0.15) is 12.4 Å². The molecular formula is C13H15N3O4. The lowest BCUT2D eigenvalue weighted by molar-refractivity contribution is 0.0690. The molecule has 1 aromatic heterocycles. The lowest BCUT2D eigenvalue weighted by Gasteiger charge is -2.10. The van der Waals surface area contributed by atoms with Gasteiger partial charge in [-0.2, -0.15) is 0 Å². The third-order valence-electron chi connectivity index (χ3n) is 2.69. The molecule has 1 aromatic carbocycles. The van der Waals surface area contributed by atoms with Crippen LogP contribution in [0.5, 0.6) is 5.75 Å². The zero-order valence-corrected chi connectivity index (χ0v) is 10.8. The number of aliphatic hydroxyl groups is 1. The topological polar surface area (TPSA) is 97.5 Å². The summed E-state index contributed by atoms with van der Waals surface area (Å²) in [5.41, 5.74) is 0.838. The average molecular weight is 277 g/mol. The van der Waals surface area contributed by atoms with E-state index in [4.69, 9.17) is 14.9 Å². The molecule has 2 rings (SSSR count). The Morgan fingerprint density at radius 1 is 1.35 bits per heavy atom. The van der Waals surface area contributed by atoms with Gasteiger partial charge >= 0.3 is 5.97 Å². The molecule has 0 saturated carbocycles. The molecule has 7 nitrogen and oxygen atoms in total. The highest BCUT2D eigenvalue weighted by molar-refractivity contribution is 5.84. The van der Waals surface area contributed by atoms with Gasteiger partial charge in [-0.1, -0.05) is 23.4 Å². The molecule has 2 aromatic rings. The standard InChI is InChI=1S/C13H15N3O4/c17-7-5-10-3-1-2-4-12(10)20-8-6-16-9-11(13(18)19)14-15-16/h1-4,9,17H,5-8H2,(H,18,19). The van der Waals surface area contributed by atoms with Gasteiger partial charge in [0.25, 0.3) is 0 Å². The molecule has 106 valence electrons. The number of para-hydroxylation sites is 1. The van der Waals surface area contributed by atoms with E-state index in [9.17, 15) is 4.79 Å². The van der Waals surface area contributed by atoms with Crippen LogP contribution < -0.4 is 4.74 Å². The van der Waals surface area contributed by atoms with Gasteiger partial charge in [-0.05, 0) is 18.1 Å². The van der Waals surface area contributed by atoms with Gasteiger partial charge in [-0.25, -0.2) is 9.48 Å². The molecule has 0 radical (unpaired) electrons. The molecule has 2 N–H and O–H groups in total. The molecule has 0 aliphatic rings. The first-order valence-electron chi connectivity index (χ1n) is 6.15. The molecule has 20 heavy (non-hydrogen) atoms. The molecule has 0 aliphatic heterocycles. The molecular weight excluding hydrogens is 262 g/mol. The Morgan fingerprint density at radius 2 is 2.15 bits per heavy atom. The van der Waals surface area contributed by atoms with E-state index in [2.05, 4.69) is 10.3 Å². The van der Waals surface area contributed by atoms with Gasteiger partial charge in [0.2, 0.25) is 0 Å². The maximum Gasteiger partial charge on any atom is 0.358 e. The van der Waals surface area contributed by atoms with E-state index in [0.29, 0.717) is 25.3 Å². The molecule has 0 spiro atoms. The molecule has 0 atom stereocenters. The number of carboxylic acid groups (broad SMARTS) is 1. The van der Waals surface area contributed by atoms with Gasteiger partial charge in [-0.15, -0.1) is 5.10 Å². The third-order valence-corrected chi connectivity index (χ3v) is 2.69. The summed E-state index contributed by atoms with van der Waals surface area (Å²) in [5.74, 6) is -0.398. The fourth-order valence-electron chi connectivity index (χ4n) is 1.73. The van der Waals surface area contributed by atoms with Crippen molar-refractivity contribution in [2.24, 2.45) is 0 Å². The minimum atomic E-state index is -1.11. The lowest BCUT2D eigenvalue weighted by atomic mass is 10.1. The number of nitrogens with zero attached hydrogens (tertiary/aromatic N) is 3. The number of aromatic carboxylic acids is 1. The highest BCUT2D eigenvalue weighted by atomic mass is 16.5. The Kier molecular flexibility index (Phi) is 4.67. The van der Waals surface area contributed by atoms with Gasteiger partial charge in [0.05, 0.1) is 12.7 Å². The number of ether oxygens (including phenoxy) is 1. The number of aliphatic hydroxyl groups excluding tert-OH is 1. The summed E-state index contributed by atoms with van der Waals surface area (Å²) < 4.78 is 7.03. The second-order valence-electron chi connectivity index (χ2n) is 4.10. The highest BCUT2D eigenvalue weighted by Crippen LogP contribution is 2.18. The van der Waals surface area contributed by atoms with Crippen molar-refractivity contribution in [2.45, 2.75) is 13.0 Å². The van der Waals surface area contributed by atoms with Crippen molar-refractivity contribution in [3.8, 4) is 5.75 Å². The summed E-state index contributed by atoms with van der Waals surface area (Å²) in [4.78, 5) is 10.7. The van der Waals surface area contributed by atoms with Crippen LogP contribution >= 0.6 is 0 Å². The molecule has 0 amide bonds. The number of rotatable bonds is 7. The number of carbonyl (C=O) groups is 1. The Morgan fingerprint density at radius 3 is 2.85 bits per heavy atom. The maximum atomic E-state index is 10.7. The molecule has 1 heterocycles. The van der Waals surface area contributed by atoms with Crippen LogP contribution in [-0.4, -0.2) is 44.4 Å². The predicted octanol–water partition coefficient (Wildman–Crippen LogP) is 0.590. The van der Waals surface area contributed by atoms with Crippen molar-refractivity contribution in [3.63, 3.8) is 0 Å². The van der Waals surface area contributed by atoms with Crippen LogP contribution in [0.1, 0.15) is 16.1 Å². The number of benzene rings is 1. The first-order chi connectivity index (χ1) is 9.70. The van der Waals surface area contributed by atoms with Crippen LogP contribution in [0.25, 0.3) is 0 Å². The predicted molar refractivity (Wildman–Crippen MR) is 69.7 cm³/mol. The lowest BCUT2D eigenvalue weighted by Crippen LogP contribution is -2.10. The van der Waals surface area contributed by atoms with E-state index in [1.165, 1.54) is 10.9 Å². The van der Waals surface area contributed by atoms with Crippen molar-refractivity contribution in [1.82, 2.24) is 15.0 Å². The van der Waals surface area contributed by atoms with E-state index >= 15 is 0 Å². The Balaban J connectivity index is 1.90. The molecule has 0 saturated heterocycles. The summed E-state index contributed by atoms with van der Waals surface area (Å²) in [7, 11) is 0. The molecule has 0 fully saturated rings. The van der Waals surface area contributed by atoms with Crippen LogP contribution in [0.3, 0.4) is 0 Å². The molecule has 7 heteroatoms. The van der Waals surface area contributed by atoms with Crippen LogP contribution in [0.2, 0.25) is 0 Å². The fourth-order valence-corrected chi connectivity index (χ4v) is 1.73. The second-order valence-corrected chi connectivity index (χ2v) is 4.10. The molecule has 0 bridgehead atoms. The Bertz CT molecular complexity index is 583. The van der Waals surface area contributed by atoms with Gasteiger partial charge in [-0.3, -0.25) is 0 Å². The van der Waals surface area contributed by atoms with Crippen molar-refractivity contribution in [1.29, 1.82) is 0 Å². The third kappa shape index (κ3) is 3.55. The summed E-state index contributed by atoms with van der Waals surface area (Å²) in [6.45, 7) is 0.796. The minimum Gasteiger partial charge on any atom is -0.491 e. The summed E-state index contributed by atoms with van der Waals surface area (Å²) in [6, 6.07) is 7.46.